The molecule has 20 heavy (non-hydrogen) atoms. The maximum atomic E-state index is 11.8. The molecule has 1 heterocycles. The molecule has 1 aliphatic heterocycles. The Hall–Kier alpha value is -0.550. The largest absolute Gasteiger partial charge is 0.341 e. The molecule has 1 aliphatic carbocycles. The molecule has 0 aromatic rings. The summed E-state index contributed by atoms with van der Waals surface area (Å²) in [5.74, 6) is 0.210. The molecule has 0 aromatic heterocycles. The van der Waals surface area contributed by atoms with Crippen molar-refractivity contribution < 1.29 is 9.59 Å². The number of hydrogen-bond acceptors (Lipinski definition) is 4. The molecule has 0 radical (unpaired) electrons. The summed E-state index contributed by atoms with van der Waals surface area (Å²) in [6.07, 6.45) is 8.24. The molecule has 0 spiro atoms. The van der Waals surface area contributed by atoms with Gasteiger partial charge in [-0.05, 0) is 25.8 Å². The van der Waals surface area contributed by atoms with E-state index < -0.39 is 0 Å². The van der Waals surface area contributed by atoms with Crippen LogP contribution < -0.4 is 5.32 Å². The van der Waals surface area contributed by atoms with Crippen LogP contribution in [0.25, 0.3) is 0 Å². The first-order valence-electron chi connectivity index (χ1n) is 7.83. The first-order valence-corrected chi connectivity index (χ1v) is 8.71. The van der Waals surface area contributed by atoms with Crippen LogP contribution in [0.3, 0.4) is 0 Å². The first kappa shape index (κ1) is 15.8. The van der Waals surface area contributed by atoms with Crippen molar-refractivity contribution in [2.24, 2.45) is 0 Å². The van der Waals surface area contributed by atoms with Crippen molar-refractivity contribution in [3.05, 3.63) is 0 Å². The summed E-state index contributed by atoms with van der Waals surface area (Å²) in [7, 11) is 0. The number of carbonyl (C=O) groups excluding carboxylic acids is 2. The topological polar surface area (TPSA) is 49.4 Å². The molecule has 4 nitrogen and oxygen atoms in total. The van der Waals surface area contributed by atoms with Gasteiger partial charge in [-0.3, -0.25) is 9.59 Å². The molecule has 1 amide bonds. The van der Waals surface area contributed by atoms with Gasteiger partial charge in [0, 0.05) is 37.7 Å². The summed E-state index contributed by atoms with van der Waals surface area (Å²) < 4.78 is 0. The molecule has 5 heteroatoms. The fourth-order valence-corrected chi connectivity index (χ4v) is 4.10. The predicted molar refractivity (Wildman–Crippen MR) is 82.7 cm³/mol. The Labute approximate surface area is 126 Å². The van der Waals surface area contributed by atoms with Gasteiger partial charge in [-0.25, -0.2) is 0 Å². The molecule has 114 valence electrons. The van der Waals surface area contributed by atoms with E-state index in [-0.39, 0.29) is 16.3 Å². The molecule has 0 bridgehead atoms. The number of hydrogen-bond donors (Lipinski definition) is 1. The Morgan fingerprint density at radius 2 is 2.10 bits per heavy atom. The second-order valence-corrected chi connectivity index (χ2v) is 7.40. The van der Waals surface area contributed by atoms with Crippen LogP contribution in [-0.4, -0.2) is 46.8 Å². The second-order valence-electron chi connectivity index (χ2n) is 5.92. The molecule has 0 aromatic carbocycles. The highest BCUT2D eigenvalue weighted by Gasteiger charge is 2.30. The zero-order valence-corrected chi connectivity index (χ0v) is 13.2. The summed E-state index contributed by atoms with van der Waals surface area (Å²) in [5.41, 5.74) is 0. The number of rotatable bonds is 6. The molecular weight excluding hydrogens is 272 g/mol. The van der Waals surface area contributed by atoms with Gasteiger partial charge in [0.25, 0.3) is 0 Å². The number of amides is 1. The number of nitrogens with zero attached hydrogens (tertiary/aromatic N) is 1. The van der Waals surface area contributed by atoms with Crippen LogP contribution in [0.4, 0.5) is 0 Å². The molecule has 2 aliphatic rings. The van der Waals surface area contributed by atoms with Gasteiger partial charge in [0.05, 0.1) is 0 Å². The zero-order valence-electron chi connectivity index (χ0n) is 12.4. The third-order valence-electron chi connectivity index (χ3n) is 4.15. The maximum Gasteiger partial charge on any atom is 0.223 e. The number of thioether (sulfide) groups is 1. The number of carbonyl (C=O) groups is 2. The smallest absolute Gasteiger partial charge is 0.223 e. The molecule has 1 atom stereocenters. The van der Waals surface area contributed by atoms with Crippen LogP contribution in [0.5, 0.6) is 0 Å². The minimum absolute atomic E-state index is 0.114. The van der Waals surface area contributed by atoms with Crippen molar-refractivity contribution in [1.82, 2.24) is 10.2 Å². The van der Waals surface area contributed by atoms with Crippen LogP contribution in [0.15, 0.2) is 0 Å². The van der Waals surface area contributed by atoms with Crippen LogP contribution >= 0.6 is 11.8 Å². The van der Waals surface area contributed by atoms with Gasteiger partial charge in [-0.15, -0.1) is 0 Å². The van der Waals surface area contributed by atoms with Gasteiger partial charge in [-0.1, -0.05) is 31.0 Å². The van der Waals surface area contributed by atoms with Gasteiger partial charge in [0.1, 0.15) is 0 Å². The van der Waals surface area contributed by atoms with E-state index in [2.05, 4.69) is 5.32 Å². The Kier molecular flexibility index (Phi) is 6.36. The Morgan fingerprint density at radius 1 is 1.35 bits per heavy atom. The number of nitrogens with one attached hydrogen (secondary N) is 1. The third kappa shape index (κ3) is 5.09. The van der Waals surface area contributed by atoms with E-state index >= 15 is 0 Å². The van der Waals surface area contributed by atoms with Gasteiger partial charge in [-0.2, -0.15) is 0 Å². The van der Waals surface area contributed by atoms with E-state index in [1.807, 2.05) is 4.90 Å². The van der Waals surface area contributed by atoms with Gasteiger partial charge >= 0.3 is 0 Å². The highest BCUT2D eigenvalue weighted by atomic mass is 32.2. The highest BCUT2D eigenvalue weighted by molar-refractivity contribution is 8.14. The average molecular weight is 298 g/mol. The molecule has 1 N–H and O–H groups in total. The Morgan fingerprint density at radius 3 is 2.80 bits per heavy atom. The van der Waals surface area contributed by atoms with E-state index in [1.165, 1.54) is 43.9 Å². The lowest BCUT2D eigenvalue weighted by atomic mass is 9.95. The number of likely N-dealkylation sites (tertiary alicyclic amines) is 1. The standard InChI is InChI=1S/C15H26N2O2S/c1-12(18)20-14-10-15(19)17(11-14)9-5-8-16-13-6-3-2-4-7-13/h13-14,16H,2-11H2,1H3. The average Bonchev–Trinajstić information content (AvgIpc) is 2.75. The van der Waals surface area contributed by atoms with Gasteiger partial charge in [0.15, 0.2) is 5.12 Å². The summed E-state index contributed by atoms with van der Waals surface area (Å²) in [6, 6.07) is 0.694. The summed E-state index contributed by atoms with van der Waals surface area (Å²) >= 11 is 1.31. The second kappa shape index (κ2) is 8.03. The highest BCUT2D eigenvalue weighted by Crippen LogP contribution is 2.24. The molecule has 2 rings (SSSR count). The van der Waals surface area contributed by atoms with E-state index in [0.29, 0.717) is 12.5 Å². The Balaban J connectivity index is 1.59. The van der Waals surface area contributed by atoms with Crippen molar-refractivity contribution in [2.45, 2.75) is 63.2 Å². The minimum atomic E-state index is 0.114. The molecule has 1 unspecified atom stereocenters. The maximum absolute atomic E-state index is 11.8. The van der Waals surface area contributed by atoms with Crippen LogP contribution in [0, 0.1) is 0 Å². The van der Waals surface area contributed by atoms with Crippen molar-refractivity contribution in [3.8, 4) is 0 Å². The fourth-order valence-electron chi connectivity index (χ4n) is 3.15. The van der Waals surface area contributed by atoms with Crippen LogP contribution in [0.2, 0.25) is 0 Å². The minimum Gasteiger partial charge on any atom is -0.341 e. The zero-order chi connectivity index (χ0) is 14.4. The van der Waals surface area contributed by atoms with Crippen molar-refractivity contribution in [1.29, 1.82) is 0 Å². The van der Waals surface area contributed by atoms with E-state index in [1.54, 1.807) is 6.92 Å². The molecular formula is C15H26N2O2S. The molecule has 1 saturated carbocycles. The normalized spacial score (nSPS) is 24.4. The summed E-state index contributed by atoms with van der Waals surface area (Å²) in [4.78, 5) is 24.8. The monoisotopic (exact) mass is 298 g/mol. The van der Waals surface area contributed by atoms with E-state index in [4.69, 9.17) is 0 Å². The molecule has 2 fully saturated rings. The SMILES string of the molecule is CC(=O)SC1CC(=O)N(CCCNC2CCCCC2)C1. The summed E-state index contributed by atoms with van der Waals surface area (Å²) in [6.45, 7) is 4.14. The van der Waals surface area contributed by atoms with Crippen LogP contribution in [0.1, 0.15) is 51.9 Å². The van der Waals surface area contributed by atoms with E-state index in [0.717, 1.165) is 26.1 Å². The molecule has 1 saturated heterocycles. The van der Waals surface area contributed by atoms with E-state index in [9.17, 15) is 9.59 Å². The predicted octanol–water partition coefficient (Wildman–Crippen LogP) is 2.18. The first-order chi connectivity index (χ1) is 9.65. The van der Waals surface area contributed by atoms with Gasteiger partial charge < -0.3 is 10.2 Å². The lowest BCUT2D eigenvalue weighted by molar-refractivity contribution is -0.127. The summed E-state index contributed by atoms with van der Waals surface area (Å²) in [5, 5.41) is 3.89. The van der Waals surface area contributed by atoms with Crippen LogP contribution in [-0.2, 0) is 9.59 Å². The van der Waals surface area contributed by atoms with Crippen molar-refractivity contribution >= 4 is 22.8 Å². The quantitative estimate of drug-likeness (QED) is 0.764. The fraction of sp³-hybridized carbons (Fsp3) is 0.867. The Bertz CT molecular complexity index is 343. The lowest BCUT2D eigenvalue weighted by Gasteiger charge is -2.23. The van der Waals surface area contributed by atoms with Gasteiger partial charge in [0.2, 0.25) is 5.91 Å². The van der Waals surface area contributed by atoms with Crippen molar-refractivity contribution in [2.75, 3.05) is 19.6 Å². The lowest BCUT2D eigenvalue weighted by Crippen LogP contribution is -2.34. The third-order valence-corrected chi connectivity index (χ3v) is 5.14. The van der Waals surface area contributed by atoms with Crippen molar-refractivity contribution in [3.63, 3.8) is 0 Å².